The van der Waals surface area contributed by atoms with Gasteiger partial charge in [0.05, 0.1) is 0 Å². The molecule has 1 unspecified atom stereocenters. The van der Waals surface area contributed by atoms with E-state index < -0.39 is 19.1 Å². The number of hydrogen-bond acceptors (Lipinski definition) is 4. The third kappa shape index (κ3) is 2.43. The largest absolute Gasteiger partial charge is 0.480 e. The smallest absolute Gasteiger partial charge is 0.376 e. The lowest BCUT2D eigenvalue weighted by Crippen LogP contribution is -2.58. The summed E-state index contributed by atoms with van der Waals surface area (Å²) in [5, 5.41) is 18.1. The summed E-state index contributed by atoms with van der Waals surface area (Å²) in [6.07, 6.45) is 0. The molecule has 0 aliphatic carbocycles. The molecule has 0 spiro atoms. The summed E-state index contributed by atoms with van der Waals surface area (Å²) in [7, 11) is 1.23. The molecule has 0 aromatic rings. The third-order valence-electron chi connectivity index (χ3n) is 2.49. The summed E-state index contributed by atoms with van der Waals surface area (Å²) < 4.78 is 0. The van der Waals surface area contributed by atoms with Crippen molar-refractivity contribution in [2.24, 2.45) is 0 Å². The Morgan fingerprint density at radius 1 is 1.54 bits per heavy atom. The van der Waals surface area contributed by atoms with Gasteiger partial charge in [0, 0.05) is 19.6 Å². The Hall–Kier alpha value is -0.585. The molecule has 0 bridgehead atoms. The van der Waals surface area contributed by atoms with Crippen molar-refractivity contribution in [2.75, 3.05) is 26.7 Å². The number of carboxylic acids is 1. The molecule has 0 aromatic heterocycles. The first kappa shape index (κ1) is 10.5. The molecule has 1 aliphatic heterocycles. The van der Waals surface area contributed by atoms with E-state index in [1.165, 1.54) is 0 Å². The van der Waals surface area contributed by atoms with Crippen LogP contribution in [0.3, 0.4) is 0 Å². The highest BCUT2D eigenvalue weighted by Crippen LogP contribution is 2.08. The van der Waals surface area contributed by atoms with Gasteiger partial charge in [-0.25, -0.2) is 0 Å². The number of rotatable bonds is 2. The quantitative estimate of drug-likeness (QED) is 0.530. The summed E-state index contributed by atoms with van der Waals surface area (Å²) in [6, 6.07) is -0.497. The van der Waals surface area contributed by atoms with Crippen molar-refractivity contribution in [3.05, 3.63) is 0 Å². The van der Waals surface area contributed by atoms with Crippen LogP contribution in [0, 0.1) is 0 Å². The minimum absolute atomic E-state index is 0.392. The molecule has 1 saturated heterocycles. The van der Waals surface area contributed by atoms with Gasteiger partial charge in [0.1, 0.15) is 6.04 Å². The van der Waals surface area contributed by atoms with E-state index in [0.29, 0.717) is 13.1 Å². The zero-order valence-corrected chi connectivity index (χ0v) is 7.97. The summed E-state index contributed by atoms with van der Waals surface area (Å²) >= 11 is 0. The topological polar surface area (TPSA) is 64.0 Å². The van der Waals surface area contributed by atoms with Gasteiger partial charge in [-0.05, 0) is 13.9 Å². The van der Waals surface area contributed by atoms with Gasteiger partial charge in [-0.2, -0.15) is 0 Å². The van der Waals surface area contributed by atoms with E-state index in [0.717, 1.165) is 6.54 Å². The molecule has 1 aliphatic rings. The predicted molar refractivity (Wildman–Crippen MR) is 49.5 cm³/mol. The summed E-state index contributed by atoms with van der Waals surface area (Å²) in [5.41, 5.74) is 0. The molecule has 1 atom stereocenters. The normalized spacial score (nSPS) is 25.9. The van der Waals surface area contributed by atoms with Crippen LogP contribution in [0.2, 0.25) is 6.82 Å². The number of piperazine rings is 1. The lowest BCUT2D eigenvalue weighted by molar-refractivity contribution is -0.144. The number of likely N-dealkylation sites (N-methyl/N-ethyl adjacent to an activating group) is 1. The number of hydrogen-bond donors (Lipinski definition) is 2. The SMILES string of the molecule is CB(O)N1CCN(C)C(C(=O)O)C1. The van der Waals surface area contributed by atoms with E-state index in [1.807, 2.05) is 0 Å². The molecule has 0 radical (unpaired) electrons. The highest BCUT2D eigenvalue weighted by atomic mass is 16.4. The van der Waals surface area contributed by atoms with Gasteiger partial charge in [0.2, 0.25) is 0 Å². The fourth-order valence-corrected chi connectivity index (χ4v) is 1.50. The van der Waals surface area contributed by atoms with E-state index in [-0.39, 0.29) is 0 Å². The monoisotopic (exact) mass is 186 g/mol. The van der Waals surface area contributed by atoms with Crippen molar-refractivity contribution < 1.29 is 14.9 Å². The number of carboxylic acid groups (broad SMARTS) is 1. The lowest BCUT2D eigenvalue weighted by atomic mass is 9.83. The Balaban J connectivity index is 2.58. The van der Waals surface area contributed by atoms with Gasteiger partial charge >= 0.3 is 13.0 Å². The second-order valence-corrected chi connectivity index (χ2v) is 3.46. The van der Waals surface area contributed by atoms with Crippen LogP contribution < -0.4 is 0 Å². The molecule has 5 nitrogen and oxygen atoms in total. The molecule has 0 saturated carbocycles. The van der Waals surface area contributed by atoms with E-state index in [9.17, 15) is 9.82 Å². The zero-order chi connectivity index (χ0) is 10.0. The van der Waals surface area contributed by atoms with Crippen LogP contribution in [0.5, 0.6) is 0 Å². The molecule has 1 fully saturated rings. The van der Waals surface area contributed by atoms with Crippen LogP contribution in [-0.2, 0) is 4.79 Å². The van der Waals surface area contributed by atoms with E-state index in [2.05, 4.69) is 0 Å². The highest BCUT2D eigenvalue weighted by molar-refractivity contribution is 6.45. The second kappa shape index (κ2) is 4.08. The molecule has 1 heterocycles. The Labute approximate surface area is 78.1 Å². The van der Waals surface area contributed by atoms with Gasteiger partial charge in [-0.15, -0.1) is 0 Å². The van der Waals surface area contributed by atoms with Crippen molar-refractivity contribution in [3.8, 4) is 0 Å². The first-order valence-corrected chi connectivity index (χ1v) is 4.37. The van der Waals surface area contributed by atoms with Crippen LogP contribution in [0.4, 0.5) is 0 Å². The molecule has 6 heteroatoms. The second-order valence-electron chi connectivity index (χ2n) is 3.46. The maximum atomic E-state index is 10.8. The van der Waals surface area contributed by atoms with E-state index in [4.69, 9.17) is 5.11 Å². The van der Waals surface area contributed by atoms with E-state index in [1.54, 1.807) is 23.6 Å². The molecular weight excluding hydrogens is 171 g/mol. The van der Waals surface area contributed by atoms with Crippen LogP contribution >= 0.6 is 0 Å². The Bertz CT molecular complexity index is 200. The molecule has 13 heavy (non-hydrogen) atoms. The number of carbonyl (C=O) groups is 1. The first-order chi connectivity index (χ1) is 6.02. The number of aliphatic carboxylic acids is 1. The van der Waals surface area contributed by atoms with Crippen molar-refractivity contribution >= 4 is 13.0 Å². The predicted octanol–water partition coefficient (Wildman–Crippen LogP) is -1.20. The van der Waals surface area contributed by atoms with Crippen molar-refractivity contribution in [2.45, 2.75) is 12.9 Å². The average molecular weight is 186 g/mol. The summed E-state index contributed by atoms with van der Waals surface area (Å²) in [4.78, 5) is 14.3. The first-order valence-electron chi connectivity index (χ1n) is 4.37. The minimum Gasteiger partial charge on any atom is -0.480 e. The molecule has 74 valence electrons. The fourth-order valence-electron chi connectivity index (χ4n) is 1.50. The number of nitrogens with zero attached hydrogens (tertiary/aromatic N) is 2. The lowest BCUT2D eigenvalue weighted by Gasteiger charge is -2.37. The van der Waals surface area contributed by atoms with Gasteiger partial charge in [0.15, 0.2) is 0 Å². The Morgan fingerprint density at radius 2 is 2.15 bits per heavy atom. The third-order valence-corrected chi connectivity index (χ3v) is 2.49. The van der Waals surface area contributed by atoms with Gasteiger partial charge < -0.3 is 14.9 Å². The highest BCUT2D eigenvalue weighted by Gasteiger charge is 2.32. The summed E-state index contributed by atoms with van der Waals surface area (Å²) in [6.45, 7) is 3.45. The van der Waals surface area contributed by atoms with Crippen LogP contribution in [0.1, 0.15) is 0 Å². The zero-order valence-electron chi connectivity index (χ0n) is 7.97. The molecule has 1 rings (SSSR count). The summed E-state index contributed by atoms with van der Waals surface area (Å²) in [5.74, 6) is -0.826. The maximum absolute atomic E-state index is 10.8. The molecule has 0 aromatic carbocycles. The average Bonchev–Trinajstić information content (AvgIpc) is 2.04. The van der Waals surface area contributed by atoms with Crippen LogP contribution in [0.15, 0.2) is 0 Å². The van der Waals surface area contributed by atoms with Gasteiger partial charge in [-0.3, -0.25) is 9.69 Å². The van der Waals surface area contributed by atoms with Crippen LogP contribution in [-0.4, -0.2) is 65.6 Å². The standard InChI is InChI=1S/C7H15BN2O3/c1-8(13)10-4-3-9(2)6(5-10)7(11)12/h6,13H,3-5H2,1-2H3,(H,11,12). The fraction of sp³-hybridized carbons (Fsp3) is 0.857. The molecule has 0 amide bonds. The molecule has 2 N–H and O–H groups in total. The van der Waals surface area contributed by atoms with Crippen molar-refractivity contribution in [1.82, 2.24) is 9.71 Å². The van der Waals surface area contributed by atoms with E-state index >= 15 is 0 Å². The van der Waals surface area contributed by atoms with Gasteiger partial charge in [0.25, 0.3) is 0 Å². The maximum Gasteiger partial charge on any atom is 0.376 e. The van der Waals surface area contributed by atoms with Crippen molar-refractivity contribution in [1.29, 1.82) is 0 Å². The van der Waals surface area contributed by atoms with Crippen LogP contribution in [0.25, 0.3) is 0 Å². The van der Waals surface area contributed by atoms with Crippen molar-refractivity contribution in [3.63, 3.8) is 0 Å². The Kier molecular flexibility index (Phi) is 3.30. The van der Waals surface area contributed by atoms with Gasteiger partial charge in [-0.1, -0.05) is 0 Å². The minimum atomic E-state index is -0.826. The molecular formula is C7H15BN2O3. The Morgan fingerprint density at radius 3 is 2.62 bits per heavy atom.